The van der Waals surface area contributed by atoms with Crippen LogP contribution in [0, 0.1) is 0 Å². The van der Waals surface area contributed by atoms with E-state index < -0.39 is 0 Å². The minimum Gasteiger partial charge on any atom is -0.355 e. The van der Waals surface area contributed by atoms with Gasteiger partial charge in [-0.3, -0.25) is 0 Å². The Bertz CT molecular complexity index is 1670. The highest BCUT2D eigenvalue weighted by Crippen LogP contribution is 2.33. The molecule has 0 saturated heterocycles. The molecule has 2 heterocycles. The van der Waals surface area contributed by atoms with Gasteiger partial charge in [0.05, 0.1) is 11.0 Å². The third-order valence-electron chi connectivity index (χ3n) is 6.84. The number of rotatable bonds is 2. The average molecular weight is 423 g/mol. The lowest BCUT2D eigenvalue weighted by Crippen LogP contribution is -1.94. The van der Waals surface area contributed by atoms with Crippen LogP contribution in [0.3, 0.4) is 0 Å². The Hall–Kier alpha value is -4.30. The predicted molar refractivity (Wildman–Crippen MR) is 140 cm³/mol. The fourth-order valence-electron chi connectivity index (χ4n) is 5.25. The second kappa shape index (κ2) is 7.11. The molecule has 0 fully saturated rings. The van der Waals surface area contributed by atoms with E-state index in [1.807, 2.05) is 0 Å². The molecule has 2 heteroatoms. The van der Waals surface area contributed by atoms with Gasteiger partial charge in [0.2, 0.25) is 0 Å². The molecular formula is C31H22N2. The minimum absolute atomic E-state index is 0.927. The van der Waals surface area contributed by atoms with Crippen LogP contribution in [-0.4, -0.2) is 9.55 Å². The van der Waals surface area contributed by atoms with Gasteiger partial charge >= 0.3 is 0 Å². The summed E-state index contributed by atoms with van der Waals surface area (Å²) in [7, 11) is 0. The standard InChI is InChI=1S/C31H22N2/c1-4-10-28-24(7-1)25-19-15-22(16-20-29(25)32-28)21-13-17-23(18-14-21)33-30-11-5-2-8-26(30)27-9-3-6-12-31(27)33/h1-18,20,32H,19H2. The van der Waals surface area contributed by atoms with Crippen molar-refractivity contribution >= 4 is 44.4 Å². The third-order valence-corrected chi connectivity index (χ3v) is 6.84. The molecule has 1 aliphatic carbocycles. The number of benzene rings is 4. The molecule has 2 aromatic heterocycles. The maximum absolute atomic E-state index is 3.57. The quantitative estimate of drug-likeness (QED) is 0.293. The Morgan fingerprint density at radius 2 is 1.24 bits per heavy atom. The molecular weight excluding hydrogens is 400 g/mol. The number of nitrogens with one attached hydrogen (secondary N) is 1. The SMILES string of the molecule is C1=Cc2[nH]c3ccccc3c2CC=C1c1ccc(-n2c3ccccc3c3ccccc32)cc1. The largest absolute Gasteiger partial charge is 0.355 e. The van der Waals surface area contributed by atoms with Crippen molar-refractivity contribution < 1.29 is 0 Å². The molecule has 1 N–H and O–H groups in total. The van der Waals surface area contributed by atoms with Gasteiger partial charge in [0, 0.05) is 33.1 Å². The van der Waals surface area contributed by atoms with Crippen molar-refractivity contribution in [1.29, 1.82) is 0 Å². The van der Waals surface area contributed by atoms with Crippen molar-refractivity contribution in [3.63, 3.8) is 0 Å². The summed E-state index contributed by atoms with van der Waals surface area (Å²) in [5, 5.41) is 3.90. The number of fused-ring (bicyclic) bond motifs is 6. The molecule has 4 aromatic carbocycles. The first kappa shape index (κ1) is 18.3. The van der Waals surface area contributed by atoms with E-state index in [4.69, 9.17) is 0 Å². The molecule has 7 rings (SSSR count). The van der Waals surface area contributed by atoms with E-state index in [0.717, 1.165) is 6.42 Å². The van der Waals surface area contributed by atoms with Gasteiger partial charge < -0.3 is 9.55 Å². The molecule has 33 heavy (non-hydrogen) atoms. The highest BCUT2D eigenvalue weighted by atomic mass is 15.0. The smallest absolute Gasteiger partial charge is 0.0541 e. The number of hydrogen-bond acceptors (Lipinski definition) is 0. The first-order valence-corrected chi connectivity index (χ1v) is 11.4. The van der Waals surface area contributed by atoms with E-state index in [2.05, 4.69) is 125 Å². The summed E-state index contributed by atoms with van der Waals surface area (Å²) in [6.07, 6.45) is 7.72. The second-order valence-corrected chi connectivity index (χ2v) is 8.68. The van der Waals surface area contributed by atoms with Crippen molar-refractivity contribution in [2.45, 2.75) is 6.42 Å². The maximum Gasteiger partial charge on any atom is 0.0541 e. The average Bonchev–Trinajstić information content (AvgIpc) is 3.32. The predicted octanol–water partition coefficient (Wildman–Crippen LogP) is 7.92. The summed E-state index contributed by atoms with van der Waals surface area (Å²) in [5.41, 5.74) is 9.96. The van der Waals surface area contributed by atoms with E-state index in [-0.39, 0.29) is 0 Å². The summed E-state index contributed by atoms with van der Waals surface area (Å²) in [5.74, 6) is 0. The summed E-state index contributed by atoms with van der Waals surface area (Å²) in [6.45, 7) is 0. The van der Waals surface area contributed by atoms with Gasteiger partial charge in [-0.15, -0.1) is 0 Å². The van der Waals surface area contributed by atoms with Crippen LogP contribution >= 0.6 is 0 Å². The van der Waals surface area contributed by atoms with Gasteiger partial charge in [-0.25, -0.2) is 0 Å². The number of aromatic nitrogens is 2. The molecule has 1 aliphatic rings. The van der Waals surface area contributed by atoms with Crippen LogP contribution < -0.4 is 0 Å². The zero-order chi connectivity index (χ0) is 21.8. The van der Waals surface area contributed by atoms with E-state index in [9.17, 15) is 0 Å². The molecule has 0 atom stereocenters. The Labute approximate surface area is 192 Å². The topological polar surface area (TPSA) is 20.7 Å². The van der Waals surface area contributed by atoms with Crippen LogP contribution in [0.15, 0.2) is 109 Å². The highest BCUT2D eigenvalue weighted by molar-refractivity contribution is 6.09. The molecule has 0 unspecified atom stereocenters. The van der Waals surface area contributed by atoms with Crippen LogP contribution in [0.2, 0.25) is 0 Å². The van der Waals surface area contributed by atoms with Gasteiger partial charge in [0.25, 0.3) is 0 Å². The molecule has 6 aromatic rings. The van der Waals surface area contributed by atoms with Crippen molar-refractivity contribution in [3.8, 4) is 5.69 Å². The number of allylic oxidation sites excluding steroid dienone is 3. The van der Waals surface area contributed by atoms with E-state index >= 15 is 0 Å². The van der Waals surface area contributed by atoms with Gasteiger partial charge in [-0.05, 0) is 59.5 Å². The number of H-pyrrole nitrogens is 1. The monoisotopic (exact) mass is 422 g/mol. The van der Waals surface area contributed by atoms with Crippen molar-refractivity contribution in [2.24, 2.45) is 0 Å². The van der Waals surface area contributed by atoms with Gasteiger partial charge in [0.15, 0.2) is 0 Å². The summed E-state index contributed by atoms with van der Waals surface area (Å²) < 4.78 is 2.36. The Balaban J connectivity index is 1.29. The molecule has 0 radical (unpaired) electrons. The first-order valence-electron chi connectivity index (χ1n) is 11.4. The van der Waals surface area contributed by atoms with Crippen LogP contribution in [0.25, 0.3) is 50.0 Å². The van der Waals surface area contributed by atoms with Crippen molar-refractivity contribution in [2.75, 3.05) is 0 Å². The molecule has 0 amide bonds. The molecule has 156 valence electrons. The Kier molecular flexibility index (Phi) is 3.94. The second-order valence-electron chi connectivity index (χ2n) is 8.68. The zero-order valence-electron chi connectivity index (χ0n) is 18.1. The lowest BCUT2D eigenvalue weighted by molar-refractivity contribution is 1.18. The molecule has 0 spiro atoms. The first-order chi connectivity index (χ1) is 16.4. The number of hydrogen-bond donors (Lipinski definition) is 1. The van der Waals surface area contributed by atoms with E-state index in [1.54, 1.807) is 0 Å². The molecule has 2 nitrogen and oxygen atoms in total. The molecule has 0 saturated carbocycles. The summed E-state index contributed by atoms with van der Waals surface area (Å²) >= 11 is 0. The summed E-state index contributed by atoms with van der Waals surface area (Å²) in [6, 6.07) is 34.8. The van der Waals surface area contributed by atoms with E-state index in [1.165, 1.54) is 60.8 Å². The normalized spacial score (nSPS) is 13.4. The van der Waals surface area contributed by atoms with Gasteiger partial charge in [-0.2, -0.15) is 0 Å². The van der Waals surface area contributed by atoms with Crippen molar-refractivity contribution in [3.05, 3.63) is 126 Å². The number of nitrogens with zero attached hydrogens (tertiary/aromatic N) is 1. The molecule has 0 bridgehead atoms. The van der Waals surface area contributed by atoms with Gasteiger partial charge in [0.1, 0.15) is 0 Å². The Morgan fingerprint density at radius 1 is 0.606 bits per heavy atom. The van der Waals surface area contributed by atoms with Crippen LogP contribution in [0.4, 0.5) is 0 Å². The number of para-hydroxylation sites is 3. The van der Waals surface area contributed by atoms with Gasteiger partial charge in [-0.1, -0.05) is 78.9 Å². The number of aromatic amines is 1. The third kappa shape index (κ3) is 2.81. The molecule has 0 aliphatic heterocycles. The fourth-order valence-corrected chi connectivity index (χ4v) is 5.25. The van der Waals surface area contributed by atoms with Crippen LogP contribution in [0.5, 0.6) is 0 Å². The maximum atomic E-state index is 3.57. The van der Waals surface area contributed by atoms with E-state index in [0.29, 0.717) is 0 Å². The lowest BCUT2D eigenvalue weighted by atomic mass is 10.0. The van der Waals surface area contributed by atoms with Crippen molar-refractivity contribution in [1.82, 2.24) is 9.55 Å². The zero-order valence-corrected chi connectivity index (χ0v) is 18.1. The van der Waals surface area contributed by atoms with Crippen LogP contribution in [-0.2, 0) is 6.42 Å². The van der Waals surface area contributed by atoms with Crippen LogP contribution in [0.1, 0.15) is 16.8 Å². The Morgan fingerprint density at radius 3 is 1.97 bits per heavy atom. The summed E-state index contributed by atoms with van der Waals surface area (Å²) in [4.78, 5) is 3.57. The fraction of sp³-hybridized carbons (Fsp3) is 0.0323. The lowest BCUT2D eigenvalue weighted by Gasteiger charge is -2.09. The highest BCUT2D eigenvalue weighted by Gasteiger charge is 2.13. The minimum atomic E-state index is 0.927.